The fourth-order valence-corrected chi connectivity index (χ4v) is 2.80. The normalized spacial score (nSPS) is 24.4. The van der Waals surface area contributed by atoms with Crippen LogP contribution in [0.4, 0.5) is 4.39 Å². The van der Waals surface area contributed by atoms with Crippen molar-refractivity contribution in [3.8, 4) is 0 Å². The molecular formula is C15H22FN3. The third-order valence-electron chi connectivity index (χ3n) is 3.94. The molecule has 0 amide bonds. The summed E-state index contributed by atoms with van der Waals surface area (Å²) in [5.41, 5.74) is 7.02. The number of hydrogen-bond acceptors (Lipinski definition) is 3. The van der Waals surface area contributed by atoms with Crippen LogP contribution in [0.15, 0.2) is 29.3 Å². The standard InChI is InChI=1S/C15H22FN3/c1-4-11(2)19-14(17)18-10-15(19,3)9-12-5-7-13(16)8-6-12/h5-8,11H,4,9-10H2,1-3H3,(H2,17,18). The van der Waals surface area contributed by atoms with Crippen molar-refractivity contribution in [3.63, 3.8) is 0 Å². The van der Waals surface area contributed by atoms with E-state index < -0.39 is 0 Å². The SMILES string of the molecule is CCC(C)N1C(N)=NCC1(C)Cc1ccc(F)cc1. The molecule has 1 aliphatic heterocycles. The van der Waals surface area contributed by atoms with Crippen molar-refractivity contribution in [2.75, 3.05) is 6.54 Å². The molecule has 0 bridgehead atoms. The smallest absolute Gasteiger partial charge is 0.192 e. The molecule has 4 heteroatoms. The minimum Gasteiger partial charge on any atom is -0.370 e. The molecule has 0 spiro atoms. The van der Waals surface area contributed by atoms with Crippen molar-refractivity contribution < 1.29 is 4.39 Å². The Hall–Kier alpha value is -1.58. The average molecular weight is 263 g/mol. The highest BCUT2D eigenvalue weighted by Gasteiger charge is 2.40. The Labute approximate surface area is 114 Å². The second kappa shape index (κ2) is 5.19. The second-order valence-electron chi connectivity index (χ2n) is 5.60. The third-order valence-corrected chi connectivity index (χ3v) is 3.94. The zero-order valence-corrected chi connectivity index (χ0v) is 11.9. The first kappa shape index (κ1) is 13.8. The molecule has 1 heterocycles. The second-order valence-corrected chi connectivity index (χ2v) is 5.60. The summed E-state index contributed by atoms with van der Waals surface area (Å²) in [5.74, 6) is 0.425. The van der Waals surface area contributed by atoms with Crippen LogP contribution >= 0.6 is 0 Å². The van der Waals surface area contributed by atoms with Gasteiger partial charge >= 0.3 is 0 Å². The van der Waals surface area contributed by atoms with Crippen LogP contribution in [0.3, 0.4) is 0 Å². The van der Waals surface area contributed by atoms with E-state index in [0.29, 0.717) is 18.5 Å². The summed E-state index contributed by atoms with van der Waals surface area (Å²) in [6.45, 7) is 7.18. The fraction of sp³-hybridized carbons (Fsp3) is 0.533. The first-order chi connectivity index (χ1) is 8.96. The van der Waals surface area contributed by atoms with Crippen LogP contribution in [-0.4, -0.2) is 29.0 Å². The summed E-state index contributed by atoms with van der Waals surface area (Å²) in [6, 6.07) is 7.04. The Morgan fingerprint density at radius 1 is 1.42 bits per heavy atom. The van der Waals surface area contributed by atoms with E-state index in [4.69, 9.17) is 5.73 Å². The Morgan fingerprint density at radius 3 is 2.63 bits per heavy atom. The van der Waals surface area contributed by atoms with Gasteiger partial charge in [-0.1, -0.05) is 19.1 Å². The van der Waals surface area contributed by atoms with Crippen molar-refractivity contribution in [1.29, 1.82) is 0 Å². The lowest BCUT2D eigenvalue weighted by Gasteiger charge is -2.40. The quantitative estimate of drug-likeness (QED) is 0.907. The highest BCUT2D eigenvalue weighted by Crippen LogP contribution is 2.29. The van der Waals surface area contributed by atoms with Gasteiger partial charge in [0.05, 0.1) is 12.1 Å². The van der Waals surface area contributed by atoms with Gasteiger partial charge in [0.25, 0.3) is 0 Å². The monoisotopic (exact) mass is 263 g/mol. The van der Waals surface area contributed by atoms with Gasteiger partial charge < -0.3 is 10.6 Å². The van der Waals surface area contributed by atoms with Gasteiger partial charge in [0, 0.05) is 6.04 Å². The highest BCUT2D eigenvalue weighted by molar-refractivity contribution is 5.81. The third kappa shape index (κ3) is 2.72. The zero-order valence-electron chi connectivity index (χ0n) is 11.9. The molecule has 2 N–H and O–H groups in total. The minimum atomic E-state index is -0.199. The van der Waals surface area contributed by atoms with Crippen LogP contribution < -0.4 is 5.73 Å². The molecule has 0 aromatic heterocycles. The Morgan fingerprint density at radius 2 is 2.05 bits per heavy atom. The maximum Gasteiger partial charge on any atom is 0.192 e. The molecule has 2 rings (SSSR count). The van der Waals surface area contributed by atoms with E-state index in [1.54, 1.807) is 0 Å². The summed E-state index contributed by atoms with van der Waals surface area (Å²) >= 11 is 0. The number of nitrogens with two attached hydrogens (primary N) is 1. The van der Waals surface area contributed by atoms with Crippen LogP contribution in [0.5, 0.6) is 0 Å². The van der Waals surface area contributed by atoms with Crippen molar-refractivity contribution in [2.45, 2.75) is 45.2 Å². The topological polar surface area (TPSA) is 41.6 Å². The van der Waals surface area contributed by atoms with E-state index in [1.807, 2.05) is 12.1 Å². The highest BCUT2D eigenvalue weighted by atomic mass is 19.1. The van der Waals surface area contributed by atoms with Gasteiger partial charge in [0.2, 0.25) is 0 Å². The van der Waals surface area contributed by atoms with Gasteiger partial charge in [0.1, 0.15) is 5.82 Å². The molecule has 1 aromatic carbocycles. The summed E-state index contributed by atoms with van der Waals surface area (Å²) in [6.07, 6.45) is 1.84. The van der Waals surface area contributed by atoms with E-state index >= 15 is 0 Å². The number of guanidine groups is 1. The molecule has 0 fully saturated rings. The average Bonchev–Trinajstić information content (AvgIpc) is 2.67. The van der Waals surface area contributed by atoms with Gasteiger partial charge in [-0.05, 0) is 44.4 Å². The van der Waals surface area contributed by atoms with Gasteiger partial charge in [-0.25, -0.2) is 4.39 Å². The first-order valence-electron chi connectivity index (χ1n) is 6.80. The molecule has 2 unspecified atom stereocenters. The van der Waals surface area contributed by atoms with Crippen LogP contribution in [0.2, 0.25) is 0 Å². The molecule has 19 heavy (non-hydrogen) atoms. The van der Waals surface area contributed by atoms with E-state index in [9.17, 15) is 4.39 Å². The molecule has 3 nitrogen and oxygen atoms in total. The molecular weight excluding hydrogens is 241 g/mol. The number of halogens is 1. The zero-order chi connectivity index (χ0) is 14.0. The summed E-state index contributed by atoms with van der Waals surface area (Å²) in [7, 11) is 0. The number of rotatable bonds is 4. The Balaban J connectivity index is 2.20. The van der Waals surface area contributed by atoms with Gasteiger partial charge in [-0.15, -0.1) is 0 Å². The van der Waals surface area contributed by atoms with Crippen LogP contribution in [0.25, 0.3) is 0 Å². The van der Waals surface area contributed by atoms with Gasteiger partial charge in [0.15, 0.2) is 5.96 Å². The van der Waals surface area contributed by atoms with E-state index in [1.165, 1.54) is 12.1 Å². The van der Waals surface area contributed by atoms with Gasteiger partial charge in [-0.2, -0.15) is 0 Å². The number of nitrogens with zero attached hydrogens (tertiary/aromatic N) is 2. The van der Waals surface area contributed by atoms with Crippen molar-refractivity contribution in [2.24, 2.45) is 10.7 Å². The maximum atomic E-state index is 13.0. The first-order valence-corrected chi connectivity index (χ1v) is 6.80. The van der Waals surface area contributed by atoms with Gasteiger partial charge in [-0.3, -0.25) is 4.99 Å². The van der Waals surface area contributed by atoms with Crippen LogP contribution in [-0.2, 0) is 6.42 Å². The lowest BCUT2D eigenvalue weighted by molar-refractivity contribution is 0.170. The predicted octanol–water partition coefficient (Wildman–Crippen LogP) is 2.56. The fourth-order valence-electron chi connectivity index (χ4n) is 2.80. The maximum absolute atomic E-state index is 13.0. The molecule has 1 aliphatic rings. The molecule has 0 radical (unpaired) electrons. The molecule has 1 aromatic rings. The minimum absolute atomic E-state index is 0.114. The molecule has 0 aliphatic carbocycles. The number of hydrogen-bond donors (Lipinski definition) is 1. The largest absolute Gasteiger partial charge is 0.370 e. The molecule has 0 saturated heterocycles. The molecule has 0 saturated carbocycles. The van der Waals surface area contributed by atoms with Crippen LogP contribution in [0, 0.1) is 5.82 Å². The number of benzene rings is 1. The van der Waals surface area contributed by atoms with Crippen molar-refractivity contribution in [3.05, 3.63) is 35.6 Å². The Bertz CT molecular complexity index is 469. The molecule has 2 atom stereocenters. The van der Waals surface area contributed by atoms with E-state index in [2.05, 4.69) is 30.7 Å². The lowest BCUT2D eigenvalue weighted by Crippen LogP contribution is -2.54. The van der Waals surface area contributed by atoms with Crippen molar-refractivity contribution >= 4 is 5.96 Å². The van der Waals surface area contributed by atoms with Crippen LogP contribution in [0.1, 0.15) is 32.8 Å². The summed E-state index contributed by atoms with van der Waals surface area (Å²) < 4.78 is 13.0. The lowest BCUT2D eigenvalue weighted by atomic mass is 9.90. The van der Waals surface area contributed by atoms with Crippen molar-refractivity contribution in [1.82, 2.24) is 4.90 Å². The van der Waals surface area contributed by atoms with E-state index in [0.717, 1.165) is 18.4 Å². The van der Waals surface area contributed by atoms with E-state index in [-0.39, 0.29) is 11.4 Å². The Kier molecular flexibility index (Phi) is 3.78. The molecule has 104 valence electrons. The summed E-state index contributed by atoms with van der Waals surface area (Å²) in [5, 5.41) is 0. The number of aliphatic imine (C=N–C) groups is 1. The summed E-state index contributed by atoms with van der Waals surface area (Å²) in [4.78, 5) is 6.60. The predicted molar refractivity (Wildman–Crippen MR) is 76.6 cm³/mol.